The van der Waals surface area contributed by atoms with Crippen molar-refractivity contribution in [2.45, 2.75) is 12.2 Å². The van der Waals surface area contributed by atoms with E-state index in [1.807, 2.05) is 18.5 Å². The highest BCUT2D eigenvalue weighted by Crippen LogP contribution is 2.32. The Morgan fingerprint density at radius 3 is 3.13 bits per heavy atom. The maximum absolute atomic E-state index is 10.2. The predicted octanol–water partition coefficient (Wildman–Crippen LogP) is 1.87. The standard InChI is InChI=1S/C10H14BrNO2S/c1-12-3-4-14-8(6-12)9(13)10-7(11)2-5-15-10/h2,5,8-9,13H,3-4,6H2,1H3. The molecule has 84 valence electrons. The summed E-state index contributed by atoms with van der Waals surface area (Å²) in [6.45, 7) is 2.42. The monoisotopic (exact) mass is 291 g/mol. The van der Waals surface area contributed by atoms with Crippen molar-refractivity contribution < 1.29 is 9.84 Å². The van der Waals surface area contributed by atoms with Crippen molar-refractivity contribution in [3.63, 3.8) is 0 Å². The van der Waals surface area contributed by atoms with Crippen LogP contribution in [0.5, 0.6) is 0 Å². The van der Waals surface area contributed by atoms with Gasteiger partial charge in [0.2, 0.25) is 0 Å². The average Bonchev–Trinajstić information content (AvgIpc) is 2.63. The van der Waals surface area contributed by atoms with Gasteiger partial charge < -0.3 is 14.7 Å². The molecule has 2 unspecified atom stereocenters. The van der Waals surface area contributed by atoms with E-state index in [1.165, 1.54) is 0 Å². The zero-order valence-electron chi connectivity index (χ0n) is 8.52. The van der Waals surface area contributed by atoms with Gasteiger partial charge in [-0.05, 0) is 34.4 Å². The second kappa shape index (κ2) is 4.93. The van der Waals surface area contributed by atoms with Crippen LogP contribution in [0.3, 0.4) is 0 Å². The molecule has 0 aromatic carbocycles. The van der Waals surface area contributed by atoms with Crippen molar-refractivity contribution in [3.8, 4) is 0 Å². The van der Waals surface area contributed by atoms with Crippen LogP contribution in [0.25, 0.3) is 0 Å². The zero-order valence-corrected chi connectivity index (χ0v) is 10.9. The molecule has 1 fully saturated rings. The smallest absolute Gasteiger partial charge is 0.117 e. The lowest BCUT2D eigenvalue weighted by atomic mass is 10.1. The third-order valence-corrected chi connectivity index (χ3v) is 4.50. The molecule has 2 atom stereocenters. The lowest BCUT2D eigenvalue weighted by Crippen LogP contribution is -2.42. The molecule has 0 saturated carbocycles. The summed E-state index contributed by atoms with van der Waals surface area (Å²) in [5.74, 6) is 0. The van der Waals surface area contributed by atoms with Crippen molar-refractivity contribution in [1.82, 2.24) is 4.90 Å². The summed E-state index contributed by atoms with van der Waals surface area (Å²) in [6.07, 6.45) is -0.638. The number of hydrogen-bond donors (Lipinski definition) is 1. The van der Waals surface area contributed by atoms with E-state index in [9.17, 15) is 5.11 Å². The summed E-state index contributed by atoms with van der Waals surface area (Å²) < 4.78 is 6.55. The molecule has 0 radical (unpaired) electrons. The Labute approximate surface area is 102 Å². The lowest BCUT2D eigenvalue weighted by molar-refractivity contribution is -0.0835. The van der Waals surface area contributed by atoms with Gasteiger partial charge in [0.1, 0.15) is 12.2 Å². The predicted molar refractivity (Wildman–Crippen MR) is 64.2 cm³/mol. The highest BCUT2D eigenvalue weighted by atomic mass is 79.9. The fourth-order valence-electron chi connectivity index (χ4n) is 1.69. The van der Waals surface area contributed by atoms with E-state index in [2.05, 4.69) is 20.8 Å². The number of nitrogens with zero attached hydrogens (tertiary/aromatic N) is 1. The summed E-state index contributed by atoms with van der Waals surface area (Å²) in [7, 11) is 2.05. The summed E-state index contributed by atoms with van der Waals surface area (Å²) in [5.41, 5.74) is 0. The van der Waals surface area contributed by atoms with E-state index >= 15 is 0 Å². The zero-order chi connectivity index (χ0) is 10.8. The van der Waals surface area contributed by atoms with E-state index in [-0.39, 0.29) is 6.10 Å². The molecule has 1 saturated heterocycles. The van der Waals surface area contributed by atoms with Crippen molar-refractivity contribution in [1.29, 1.82) is 0 Å². The third kappa shape index (κ3) is 2.60. The minimum atomic E-state index is -0.526. The Hall–Kier alpha value is 0.0600. The Kier molecular flexibility index (Phi) is 3.79. The number of thiophene rings is 1. The SMILES string of the molecule is CN1CCOC(C(O)c2sccc2Br)C1. The molecule has 1 aliphatic rings. The van der Waals surface area contributed by atoms with E-state index in [0.717, 1.165) is 22.4 Å². The van der Waals surface area contributed by atoms with Crippen LogP contribution in [-0.4, -0.2) is 42.9 Å². The summed E-state index contributed by atoms with van der Waals surface area (Å²) in [4.78, 5) is 3.13. The molecule has 3 nitrogen and oxygen atoms in total. The number of ether oxygens (including phenoxy) is 1. The number of morpholine rings is 1. The van der Waals surface area contributed by atoms with Crippen molar-refractivity contribution in [3.05, 3.63) is 20.8 Å². The maximum atomic E-state index is 10.2. The first kappa shape index (κ1) is 11.5. The molecule has 2 rings (SSSR count). The second-order valence-electron chi connectivity index (χ2n) is 3.75. The van der Waals surface area contributed by atoms with Crippen LogP contribution in [-0.2, 0) is 4.74 Å². The van der Waals surface area contributed by atoms with Crippen LogP contribution in [0.2, 0.25) is 0 Å². The summed E-state index contributed by atoms with van der Waals surface area (Å²) in [6, 6.07) is 1.95. The number of aliphatic hydroxyl groups is 1. The van der Waals surface area contributed by atoms with Gasteiger partial charge in [-0.1, -0.05) is 0 Å². The van der Waals surface area contributed by atoms with E-state index in [1.54, 1.807) is 11.3 Å². The van der Waals surface area contributed by atoms with Crippen LogP contribution in [0.15, 0.2) is 15.9 Å². The van der Waals surface area contributed by atoms with Gasteiger partial charge in [-0.3, -0.25) is 0 Å². The van der Waals surface area contributed by atoms with E-state index in [0.29, 0.717) is 6.61 Å². The quantitative estimate of drug-likeness (QED) is 0.903. The molecule has 0 bridgehead atoms. The van der Waals surface area contributed by atoms with Gasteiger partial charge in [0, 0.05) is 22.4 Å². The van der Waals surface area contributed by atoms with Gasteiger partial charge in [0.05, 0.1) is 6.61 Å². The highest BCUT2D eigenvalue weighted by molar-refractivity contribution is 9.10. The largest absolute Gasteiger partial charge is 0.385 e. The Morgan fingerprint density at radius 2 is 2.53 bits per heavy atom. The molecule has 0 spiro atoms. The molecular weight excluding hydrogens is 278 g/mol. The summed E-state index contributed by atoms with van der Waals surface area (Å²) in [5, 5.41) is 12.1. The molecule has 1 aliphatic heterocycles. The Morgan fingerprint density at radius 1 is 1.73 bits per heavy atom. The third-order valence-electron chi connectivity index (χ3n) is 2.56. The van der Waals surface area contributed by atoms with Crippen LogP contribution >= 0.6 is 27.3 Å². The molecule has 15 heavy (non-hydrogen) atoms. The first-order chi connectivity index (χ1) is 7.18. The number of aliphatic hydroxyl groups excluding tert-OH is 1. The Balaban J connectivity index is 2.07. The van der Waals surface area contributed by atoms with E-state index in [4.69, 9.17) is 4.74 Å². The fraction of sp³-hybridized carbons (Fsp3) is 0.600. The fourth-order valence-corrected chi connectivity index (χ4v) is 3.33. The van der Waals surface area contributed by atoms with Crippen LogP contribution in [0.4, 0.5) is 0 Å². The minimum Gasteiger partial charge on any atom is -0.385 e. The van der Waals surface area contributed by atoms with Gasteiger partial charge in [-0.15, -0.1) is 11.3 Å². The first-order valence-electron chi connectivity index (χ1n) is 4.89. The van der Waals surface area contributed by atoms with Crippen molar-refractivity contribution in [2.75, 3.05) is 26.7 Å². The van der Waals surface area contributed by atoms with Gasteiger partial charge in [-0.2, -0.15) is 0 Å². The first-order valence-corrected chi connectivity index (χ1v) is 6.57. The van der Waals surface area contributed by atoms with Crippen molar-refractivity contribution >= 4 is 27.3 Å². The lowest BCUT2D eigenvalue weighted by Gasteiger charge is -2.32. The molecule has 0 amide bonds. The molecule has 5 heteroatoms. The van der Waals surface area contributed by atoms with Gasteiger partial charge in [-0.25, -0.2) is 0 Å². The normalized spacial score (nSPS) is 25.4. The van der Waals surface area contributed by atoms with Gasteiger partial charge >= 0.3 is 0 Å². The molecule has 1 aromatic rings. The summed E-state index contributed by atoms with van der Waals surface area (Å²) >= 11 is 4.99. The van der Waals surface area contributed by atoms with Gasteiger partial charge in [0.15, 0.2) is 0 Å². The van der Waals surface area contributed by atoms with E-state index < -0.39 is 6.10 Å². The molecular formula is C10H14BrNO2S. The Bertz CT molecular complexity index is 331. The molecule has 1 N–H and O–H groups in total. The molecule has 1 aromatic heterocycles. The molecule has 2 heterocycles. The minimum absolute atomic E-state index is 0.112. The number of rotatable bonds is 2. The number of hydrogen-bond acceptors (Lipinski definition) is 4. The van der Waals surface area contributed by atoms with Gasteiger partial charge in [0.25, 0.3) is 0 Å². The number of likely N-dealkylation sites (N-methyl/N-ethyl adjacent to an activating group) is 1. The second-order valence-corrected chi connectivity index (χ2v) is 5.55. The average molecular weight is 292 g/mol. The highest BCUT2D eigenvalue weighted by Gasteiger charge is 2.28. The van der Waals surface area contributed by atoms with Crippen LogP contribution in [0, 0.1) is 0 Å². The van der Waals surface area contributed by atoms with Crippen LogP contribution < -0.4 is 0 Å². The number of halogens is 1. The topological polar surface area (TPSA) is 32.7 Å². The molecule has 0 aliphatic carbocycles. The van der Waals surface area contributed by atoms with Crippen molar-refractivity contribution in [2.24, 2.45) is 0 Å². The van der Waals surface area contributed by atoms with Crippen LogP contribution in [0.1, 0.15) is 11.0 Å². The maximum Gasteiger partial charge on any atom is 0.117 e.